The molecule has 1 aliphatic rings. The Bertz CT molecular complexity index is 832. The quantitative estimate of drug-likeness (QED) is 0.582. The fourth-order valence-corrected chi connectivity index (χ4v) is 3.57. The lowest BCUT2D eigenvalue weighted by atomic mass is 10.0. The zero-order chi connectivity index (χ0) is 22.1. The van der Waals surface area contributed by atoms with Gasteiger partial charge in [-0.3, -0.25) is 9.69 Å². The number of amides is 1. The smallest absolute Gasteiger partial charge is 0.251 e. The minimum Gasteiger partial charge on any atom is -0.493 e. The highest BCUT2D eigenvalue weighted by Crippen LogP contribution is 2.28. The summed E-state index contributed by atoms with van der Waals surface area (Å²) in [5, 5.41) is 3.22. The fraction of sp³-hybridized carbons (Fsp3) is 0.480. The van der Waals surface area contributed by atoms with Crippen LogP contribution in [0.4, 0.5) is 0 Å². The molecule has 31 heavy (non-hydrogen) atoms. The second kappa shape index (κ2) is 11.7. The van der Waals surface area contributed by atoms with Crippen molar-refractivity contribution < 1.29 is 19.0 Å². The number of hydrogen-bond donors (Lipinski definition) is 1. The Kier molecular flexibility index (Phi) is 8.74. The summed E-state index contributed by atoms with van der Waals surface area (Å²) in [7, 11) is 1.59. The van der Waals surface area contributed by atoms with Crippen LogP contribution in [-0.4, -0.2) is 57.4 Å². The van der Waals surface area contributed by atoms with Gasteiger partial charge in [-0.2, -0.15) is 0 Å². The van der Waals surface area contributed by atoms with Crippen LogP contribution in [-0.2, 0) is 4.74 Å². The molecule has 1 aliphatic heterocycles. The van der Waals surface area contributed by atoms with Crippen molar-refractivity contribution in [1.29, 1.82) is 0 Å². The van der Waals surface area contributed by atoms with Crippen LogP contribution in [0.2, 0.25) is 0 Å². The van der Waals surface area contributed by atoms with E-state index in [1.807, 2.05) is 6.07 Å². The van der Waals surface area contributed by atoms with E-state index in [0.717, 1.165) is 51.3 Å². The number of benzene rings is 2. The third-order valence-corrected chi connectivity index (χ3v) is 5.51. The minimum absolute atomic E-state index is 0.113. The van der Waals surface area contributed by atoms with E-state index in [1.165, 1.54) is 5.56 Å². The van der Waals surface area contributed by atoms with E-state index in [0.29, 0.717) is 23.7 Å². The number of hydrogen-bond acceptors (Lipinski definition) is 5. The zero-order valence-electron chi connectivity index (χ0n) is 18.9. The summed E-state index contributed by atoms with van der Waals surface area (Å²) < 4.78 is 16.7. The van der Waals surface area contributed by atoms with Gasteiger partial charge in [0.25, 0.3) is 5.91 Å². The maximum absolute atomic E-state index is 13.1. The van der Waals surface area contributed by atoms with Crippen LogP contribution >= 0.6 is 0 Å². The molecule has 0 aliphatic carbocycles. The fourth-order valence-electron chi connectivity index (χ4n) is 3.57. The molecule has 0 radical (unpaired) electrons. The Morgan fingerprint density at radius 1 is 1.13 bits per heavy atom. The molecule has 0 spiro atoms. The number of unbranched alkanes of at least 4 members (excludes halogenated alkanes) is 1. The maximum Gasteiger partial charge on any atom is 0.251 e. The molecule has 2 aromatic carbocycles. The number of nitrogens with zero attached hydrogens (tertiary/aromatic N) is 1. The molecule has 1 amide bonds. The van der Waals surface area contributed by atoms with E-state index in [4.69, 9.17) is 14.2 Å². The molecule has 1 N–H and O–H groups in total. The lowest BCUT2D eigenvalue weighted by Crippen LogP contribution is -2.43. The van der Waals surface area contributed by atoms with E-state index >= 15 is 0 Å². The van der Waals surface area contributed by atoms with Crippen LogP contribution < -0.4 is 14.8 Å². The van der Waals surface area contributed by atoms with E-state index in [2.05, 4.69) is 48.3 Å². The largest absolute Gasteiger partial charge is 0.493 e. The molecule has 0 bridgehead atoms. The maximum atomic E-state index is 13.1. The van der Waals surface area contributed by atoms with Crippen molar-refractivity contribution in [1.82, 2.24) is 10.2 Å². The van der Waals surface area contributed by atoms with Gasteiger partial charge >= 0.3 is 0 Å². The van der Waals surface area contributed by atoms with Gasteiger partial charge in [0, 0.05) is 25.2 Å². The highest BCUT2D eigenvalue weighted by Gasteiger charge is 2.21. The molecule has 168 valence electrons. The van der Waals surface area contributed by atoms with Gasteiger partial charge in [0.15, 0.2) is 11.5 Å². The van der Waals surface area contributed by atoms with Crippen molar-refractivity contribution in [2.75, 3.05) is 46.6 Å². The average molecular weight is 427 g/mol. The average Bonchev–Trinajstić information content (AvgIpc) is 2.80. The number of carbonyl (C=O) groups is 1. The first kappa shape index (κ1) is 23.1. The Balaban J connectivity index is 1.74. The van der Waals surface area contributed by atoms with Gasteiger partial charge in [-0.25, -0.2) is 0 Å². The summed E-state index contributed by atoms with van der Waals surface area (Å²) in [5.74, 6) is 1.11. The highest BCUT2D eigenvalue weighted by atomic mass is 16.5. The predicted octanol–water partition coefficient (Wildman–Crippen LogP) is 3.99. The molecule has 0 saturated carbocycles. The van der Waals surface area contributed by atoms with Crippen LogP contribution in [0, 0.1) is 6.92 Å². The molecular weight excluding hydrogens is 392 g/mol. The van der Waals surface area contributed by atoms with Crippen LogP contribution in [0.15, 0.2) is 42.5 Å². The molecule has 3 rings (SSSR count). The second-order valence-corrected chi connectivity index (χ2v) is 7.92. The normalized spacial score (nSPS) is 15.3. The van der Waals surface area contributed by atoms with Crippen molar-refractivity contribution in [2.24, 2.45) is 0 Å². The lowest BCUT2D eigenvalue weighted by Gasteiger charge is -2.31. The van der Waals surface area contributed by atoms with Crippen LogP contribution in [0.1, 0.15) is 47.3 Å². The molecule has 2 aromatic rings. The van der Waals surface area contributed by atoms with E-state index in [1.54, 1.807) is 19.2 Å². The van der Waals surface area contributed by atoms with E-state index in [-0.39, 0.29) is 11.9 Å². The number of ether oxygens (including phenoxy) is 3. The van der Waals surface area contributed by atoms with E-state index in [9.17, 15) is 4.79 Å². The highest BCUT2D eigenvalue weighted by molar-refractivity contribution is 5.95. The SMILES string of the molecule is CCCCOc1ccc(C(=O)N[C@H](CN2CCOCC2)c2ccc(C)cc2)cc1OC. The van der Waals surface area contributed by atoms with Crippen molar-refractivity contribution in [2.45, 2.75) is 32.7 Å². The lowest BCUT2D eigenvalue weighted by molar-refractivity contribution is 0.0332. The zero-order valence-corrected chi connectivity index (χ0v) is 18.9. The molecule has 0 unspecified atom stereocenters. The third-order valence-electron chi connectivity index (χ3n) is 5.51. The summed E-state index contributed by atoms with van der Waals surface area (Å²) >= 11 is 0. The summed E-state index contributed by atoms with van der Waals surface area (Å²) in [6.07, 6.45) is 2.04. The van der Waals surface area contributed by atoms with Crippen LogP contribution in [0.5, 0.6) is 11.5 Å². The van der Waals surface area contributed by atoms with Gasteiger partial charge in [-0.1, -0.05) is 43.2 Å². The molecular formula is C25H34N2O4. The first-order valence-electron chi connectivity index (χ1n) is 11.1. The first-order valence-corrected chi connectivity index (χ1v) is 11.1. The van der Waals surface area contributed by atoms with Gasteiger partial charge in [-0.15, -0.1) is 0 Å². The van der Waals surface area contributed by atoms with Crippen molar-refractivity contribution in [3.63, 3.8) is 0 Å². The topological polar surface area (TPSA) is 60.0 Å². The standard InChI is InChI=1S/C25H34N2O4/c1-4-5-14-31-23-11-10-21(17-24(23)29-3)25(28)26-22(18-27-12-15-30-16-13-27)20-8-6-19(2)7-9-20/h6-11,17,22H,4-5,12-16,18H2,1-3H3,(H,26,28)/t22-/m1/s1. The summed E-state index contributed by atoms with van der Waals surface area (Å²) in [6.45, 7) is 8.76. The van der Waals surface area contributed by atoms with Gasteiger partial charge in [0.05, 0.1) is 33.0 Å². The molecule has 6 nitrogen and oxygen atoms in total. The number of carbonyl (C=O) groups excluding carboxylic acids is 1. The number of nitrogens with one attached hydrogen (secondary N) is 1. The Labute approximate surface area is 185 Å². The third kappa shape index (κ3) is 6.71. The number of morpholine rings is 1. The van der Waals surface area contributed by atoms with E-state index < -0.39 is 0 Å². The van der Waals surface area contributed by atoms with Crippen molar-refractivity contribution in [3.05, 3.63) is 59.2 Å². The number of methoxy groups -OCH3 is 1. The molecule has 1 fully saturated rings. The summed E-state index contributed by atoms with van der Waals surface area (Å²) in [6, 6.07) is 13.6. The van der Waals surface area contributed by atoms with Gasteiger partial charge in [0.2, 0.25) is 0 Å². The minimum atomic E-state index is -0.128. The summed E-state index contributed by atoms with van der Waals surface area (Å²) in [5.41, 5.74) is 2.85. The van der Waals surface area contributed by atoms with Crippen molar-refractivity contribution >= 4 is 5.91 Å². The molecule has 1 atom stereocenters. The van der Waals surface area contributed by atoms with Gasteiger partial charge in [0.1, 0.15) is 0 Å². The monoisotopic (exact) mass is 426 g/mol. The molecule has 1 heterocycles. The van der Waals surface area contributed by atoms with Crippen LogP contribution in [0.25, 0.3) is 0 Å². The Hall–Kier alpha value is -2.57. The predicted molar refractivity (Wildman–Crippen MR) is 122 cm³/mol. The number of aryl methyl sites for hydroxylation is 1. The first-order chi connectivity index (χ1) is 15.1. The number of rotatable bonds is 10. The summed E-state index contributed by atoms with van der Waals surface area (Å²) in [4.78, 5) is 15.5. The Morgan fingerprint density at radius 3 is 2.55 bits per heavy atom. The Morgan fingerprint density at radius 2 is 1.87 bits per heavy atom. The molecule has 6 heteroatoms. The van der Waals surface area contributed by atoms with Gasteiger partial charge < -0.3 is 19.5 Å². The van der Waals surface area contributed by atoms with Crippen molar-refractivity contribution in [3.8, 4) is 11.5 Å². The molecule has 1 saturated heterocycles. The van der Waals surface area contributed by atoms with Crippen LogP contribution in [0.3, 0.4) is 0 Å². The van der Waals surface area contributed by atoms with Gasteiger partial charge in [-0.05, 0) is 37.1 Å². The molecule has 0 aromatic heterocycles. The second-order valence-electron chi connectivity index (χ2n) is 7.92.